The zero-order chi connectivity index (χ0) is 12.1. The molecule has 2 N–H and O–H groups in total. The third-order valence-corrected chi connectivity index (χ3v) is 3.96. The summed E-state index contributed by atoms with van der Waals surface area (Å²) in [7, 11) is 1.80. The predicted octanol–water partition coefficient (Wildman–Crippen LogP) is 2.30. The van der Waals surface area contributed by atoms with Gasteiger partial charge in [0.25, 0.3) is 0 Å². The average molecular weight is 234 g/mol. The first-order valence-electron chi connectivity index (χ1n) is 6.46. The Labute approximate surface area is 103 Å². The van der Waals surface area contributed by atoms with Gasteiger partial charge in [0.2, 0.25) is 0 Å². The van der Waals surface area contributed by atoms with Crippen molar-refractivity contribution in [3.63, 3.8) is 0 Å². The van der Waals surface area contributed by atoms with Crippen molar-refractivity contribution in [1.82, 2.24) is 4.98 Å². The highest BCUT2D eigenvalue weighted by atomic mass is 16.5. The molecule has 1 heterocycles. The minimum atomic E-state index is -0.117. The van der Waals surface area contributed by atoms with Gasteiger partial charge in [0.1, 0.15) is 0 Å². The van der Waals surface area contributed by atoms with Crippen LogP contribution in [0.5, 0.6) is 0 Å². The summed E-state index contributed by atoms with van der Waals surface area (Å²) in [5.74, 6) is 0. The first-order chi connectivity index (χ1) is 8.27. The highest BCUT2D eigenvalue weighted by Gasteiger charge is 2.37. The number of hydrogen-bond donors (Lipinski definition) is 1. The van der Waals surface area contributed by atoms with Gasteiger partial charge in [-0.1, -0.05) is 25.3 Å². The SMILES string of the molecule is COC1(C(N)Cc2cccnc2)CCCCC1. The molecule has 0 aromatic carbocycles. The minimum Gasteiger partial charge on any atom is -0.377 e. The highest BCUT2D eigenvalue weighted by Crippen LogP contribution is 2.34. The molecule has 0 spiro atoms. The fraction of sp³-hybridized carbons (Fsp3) is 0.643. The van der Waals surface area contributed by atoms with Crippen LogP contribution in [0, 0.1) is 0 Å². The van der Waals surface area contributed by atoms with Gasteiger partial charge in [-0.2, -0.15) is 0 Å². The van der Waals surface area contributed by atoms with Crippen LogP contribution < -0.4 is 5.73 Å². The molecule has 0 amide bonds. The molecule has 1 aliphatic rings. The van der Waals surface area contributed by atoms with Crippen molar-refractivity contribution in [2.45, 2.75) is 50.2 Å². The predicted molar refractivity (Wildman–Crippen MR) is 68.7 cm³/mol. The van der Waals surface area contributed by atoms with E-state index in [1.54, 1.807) is 13.3 Å². The van der Waals surface area contributed by atoms with E-state index in [1.165, 1.54) is 24.8 Å². The van der Waals surface area contributed by atoms with Crippen LogP contribution >= 0.6 is 0 Å². The van der Waals surface area contributed by atoms with E-state index in [-0.39, 0.29) is 11.6 Å². The lowest BCUT2D eigenvalue weighted by atomic mass is 9.77. The van der Waals surface area contributed by atoms with Crippen LogP contribution in [0.3, 0.4) is 0 Å². The van der Waals surface area contributed by atoms with Crippen LogP contribution in [0.4, 0.5) is 0 Å². The van der Waals surface area contributed by atoms with Crippen LogP contribution in [0.2, 0.25) is 0 Å². The molecule has 0 radical (unpaired) electrons. The third-order valence-electron chi connectivity index (χ3n) is 3.96. The van der Waals surface area contributed by atoms with Gasteiger partial charge in [-0.15, -0.1) is 0 Å². The zero-order valence-corrected chi connectivity index (χ0v) is 10.6. The molecular weight excluding hydrogens is 212 g/mol. The lowest BCUT2D eigenvalue weighted by Crippen LogP contribution is -2.51. The fourth-order valence-electron chi connectivity index (χ4n) is 2.84. The molecular formula is C14H22N2O. The Hall–Kier alpha value is -0.930. The molecule has 3 nitrogen and oxygen atoms in total. The van der Waals surface area contributed by atoms with Gasteiger partial charge in [0, 0.05) is 25.5 Å². The van der Waals surface area contributed by atoms with Gasteiger partial charge in [0.05, 0.1) is 5.60 Å². The van der Waals surface area contributed by atoms with Gasteiger partial charge < -0.3 is 10.5 Å². The van der Waals surface area contributed by atoms with Crippen LogP contribution in [0.25, 0.3) is 0 Å². The van der Waals surface area contributed by atoms with Gasteiger partial charge in [-0.25, -0.2) is 0 Å². The number of ether oxygens (including phenoxy) is 1. The Kier molecular flexibility index (Phi) is 4.13. The molecule has 17 heavy (non-hydrogen) atoms. The topological polar surface area (TPSA) is 48.1 Å². The van der Waals surface area contributed by atoms with E-state index in [9.17, 15) is 0 Å². The summed E-state index contributed by atoms with van der Waals surface area (Å²) >= 11 is 0. The monoisotopic (exact) mass is 234 g/mol. The molecule has 0 bridgehead atoms. The lowest BCUT2D eigenvalue weighted by molar-refractivity contribution is -0.0582. The molecule has 1 aliphatic carbocycles. The maximum atomic E-state index is 6.37. The summed E-state index contributed by atoms with van der Waals surface area (Å²) in [5.41, 5.74) is 7.45. The molecule has 1 fully saturated rings. The maximum absolute atomic E-state index is 6.37. The Morgan fingerprint density at radius 1 is 1.41 bits per heavy atom. The van der Waals surface area contributed by atoms with Crippen molar-refractivity contribution in [2.75, 3.05) is 7.11 Å². The minimum absolute atomic E-state index is 0.0667. The Morgan fingerprint density at radius 2 is 2.18 bits per heavy atom. The summed E-state index contributed by atoms with van der Waals surface area (Å²) in [5, 5.41) is 0. The van der Waals surface area contributed by atoms with E-state index in [0.29, 0.717) is 0 Å². The summed E-state index contributed by atoms with van der Waals surface area (Å²) < 4.78 is 5.77. The van der Waals surface area contributed by atoms with Gasteiger partial charge >= 0.3 is 0 Å². The van der Waals surface area contributed by atoms with E-state index in [4.69, 9.17) is 10.5 Å². The summed E-state index contributed by atoms with van der Waals surface area (Å²) in [6, 6.07) is 4.11. The lowest BCUT2D eigenvalue weighted by Gasteiger charge is -2.40. The number of methoxy groups -OCH3 is 1. The number of rotatable bonds is 4. The molecule has 1 aromatic heterocycles. The Balaban J connectivity index is 2.04. The van der Waals surface area contributed by atoms with Crippen molar-refractivity contribution in [1.29, 1.82) is 0 Å². The smallest absolute Gasteiger partial charge is 0.0832 e. The van der Waals surface area contributed by atoms with Crippen molar-refractivity contribution in [3.05, 3.63) is 30.1 Å². The van der Waals surface area contributed by atoms with E-state index in [1.807, 2.05) is 12.3 Å². The number of hydrogen-bond acceptors (Lipinski definition) is 3. The van der Waals surface area contributed by atoms with Crippen LogP contribution in [-0.4, -0.2) is 23.7 Å². The largest absolute Gasteiger partial charge is 0.377 e. The van der Waals surface area contributed by atoms with Crippen molar-refractivity contribution in [2.24, 2.45) is 5.73 Å². The Bertz CT molecular complexity index is 333. The molecule has 94 valence electrons. The molecule has 3 heteroatoms. The molecule has 1 saturated carbocycles. The summed E-state index contributed by atoms with van der Waals surface area (Å²) in [6.07, 6.45) is 10.5. The Morgan fingerprint density at radius 3 is 2.76 bits per heavy atom. The summed E-state index contributed by atoms with van der Waals surface area (Å²) in [6.45, 7) is 0. The molecule has 0 saturated heterocycles. The standard InChI is InChI=1S/C14H22N2O/c1-17-14(7-3-2-4-8-14)13(15)10-12-6-5-9-16-11-12/h5-6,9,11,13H,2-4,7-8,10,15H2,1H3. The fourth-order valence-corrected chi connectivity index (χ4v) is 2.84. The van der Waals surface area contributed by atoms with E-state index in [0.717, 1.165) is 19.3 Å². The van der Waals surface area contributed by atoms with Gasteiger partial charge in [-0.05, 0) is 30.9 Å². The second-order valence-corrected chi connectivity index (χ2v) is 5.00. The van der Waals surface area contributed by atoms with E-state index < -0.39 is 0 Å². The van der Waals surface area contributed by atoms with Gasteiger partial charge in [-0.3, -0.25) is 4.98 Å². The second kappa shape index (κ2) is 5.61. The highest BCUT2D eigenvalue weighted by molar-refractivity contribution is 5.12. The number of aromatic nitrogens is 1. The normalized spacial score (nSPS) is 21.1. The average Bonchev–Trinajstić information content (AvgIpc) is 2.40. The molecule has 1 unspecified atom stereocenters. The molecule has 1 atom stereocenters. The third kappa shape index (κ3) is 2.85. The van der Waals surface area contributed by atoms with Crippen molar-refractivity contribution < 1.29 is 4.74 Å². The van der Waals surface area contributed by atoms with Crippen LogP contribution in [-0.2, 0) is 11.2 Å². The molecule has 0 aliphatic heterocycles. The molecule has 1 aromatic rings. The maximum Gasteiger partial charge on any atom is 0.0832 e. The molecule has 2 rings (SSSR count). The van der Waals surface area contributed by atoms with Crippen molar-refractivity contribution in [3.8, 4) is 0 Å². The van der Waals surface area contributed by atoms with Crippen molar-refractivity contribution >= 4 is 0 Å². The second-order valence-electron chi connectivity index (χ2n) is 5.00. The van der Waals surface area contributed by atoms with Crippen LogP contribution in [0.1, 0.15) is 37.7 Å². The van der Waals surface area contributed by atoms with Crippen LogP contribution in [0.15, 0.2) is 24.5 Å². The first-order valence-corrected chi connectivity index (χ1v) is 6.46. The van der Waals surface area contributed by atoms with Gasteiger partial charge in [0.15, 0.2) is 0 Å². The number of pyridine rings is 1. The van der Waals surface area contributed by atoms with E-state index in [2.05, 4.69) is 11.1 Å². The quantitative estimate of drug-likeness (QED) is 0.869. The number of nitrogens with two attached hydrogens (primary N) is 1. The zero-order valence-electron chi connectivity index (χ0n) is 10.6. The number of nitrogens with zero attached hydrogens (tertiary/aromatic N) is 1. The first kappa shape index (κ1) is 12.5. The van der Waals surface area contributed by atoms with E-state index >= 15 is 0 Å². The summed E-state index contributed by atoms with van der Waals surface area (Å²) in [4.78, 5) is 4.14.